The average Bonchev–Trinajstić information content (AvgIpc) is 2.77. The van der Waals surface area contributed by atoms with Crippen molar-refractivity contribution in [1.29, 1.82) is 0 Å². The smallest absolute Gasteiger partial charge is 0.175 e. The highest BCUT2D eigenvalue weighted by molar-refractivity contribution is 7.90. The molecule has 2 aromatic heterocycles. The van der Waals surface area contributed by atoms with Gasteiger partial charge >= 0.3 is 0 Å². The number of nitrogens with two attached hydrogens (primary N) is 1. The minimum atomic E-state index is -3.27. The molecule has 160 valence electrons. The van der Waals surface area contributed by atoms with Crippen molar-refractivity contribution < 1.29 is 12.8 Å². The van der Waals surface area contributed by atoms with Crippen LogP contribution >= 0.6 is 11.6 Å². The van der Waals surface area contributed by atoms with E-state index in [2.05, 4.69) is 27.1 Å². The van der Waals surface area contributed by atoms with Crippen molar-refractivity contribution in [1.82, 2.24) is 9.97 Å². The molecule has 6 nitrogen and oxygen atoms in total. The number of nitrogen functional groups attached to an aromatic ring is 1. The van der Waals surface area contributed by atoms with Crippen molar-refractivity contribution in [3.8, 4) is 11.8 Å². The fourth-order valence-corrected chi connectivity index (χ4v) is 3.76. The first-order chi connectivity index (χ1) is 15.2. The van der Waals surface area contributed by atoms with E-state index in [0.29, 0.717) is 22.8 Å². The minimum Gasteiger partial charge on any atom is -0.395 e. The average molecular weight is 467 g/mol. The maximum Gasteiger partial charge on any atom is 0.175 e. The lowest BCUT2D eigenvalue weighted by Gasteiger charge is -2.08. The third-order valence-corrected chi connectivity index (χ3v) is 6.07. The molecule has 0 saturated carbocycles. The van der Waals surface area contributed by atoms with Gasteiger partial charge in [0.25, 0.3) is 0 Å². The minimum absolute atomic E-state index is 0.0669. The Bertz CT molecular complexity index is 1510. The van der Waals surface area contributed by atoms with Gasteiger partial charge < -0.3 is 11.1 Å². The van der Waals surface area contributed by atoms with E-state index in [1.54, 1.807) is 42.7 Å². The van der Waals surface area contributed by atoms with Crippen LogP contribution in [-0.2, 0) is 9.84 Å². The van der Waals surface area contributed by atoms with E-state index < -0.39 is 15.7 Å². The molecule has 0 radical (unpaired) electrons. The first-order valence-electron chi connectivity index (χ1n) is 9.30. The van der Waals surface area contributed by atoms with E-state index in [1.165, 1.54) is 18.2 Å². The molecule has 3 N–H and O–H groups in total. The van der Waals surface area contributed by atoms with Crippen molar-refractivity contribution in [2.75, 3.05) is 17.3 Å². The second-order valence-corrected chi connectivity index (χ2v) is 9.37. The summed E-state index contributed by atoms with van der Waals surface area (Å²) >= 11 is 5.74. The molecule has 4 rings (SSSR count). The van der Waals surface area contributed by atoms with Gasteiger partial charge in [0.15, 0.2) is 15.7 Å². The van der Waals surface area contributed by atoms with Crippen LogP contribution in [0.4, 0.5) is 21.6 Å². The van der Waals surface area contributed by atoms with Crippen LogP contribution in [0.3, 0.4) is 0 Å². The molecule has 0 fully saturated rings. The highest BCUT2D eigenvalue weighted by Gasteiger charge is 2.09. The van der Waals surface area contributed by atoms with Crippen LogP contribution in [0, 0.1) is 17.7 Å². The highest BCUT2D eigenvalue weighted by Crippen LogP contribution is 2.25. The molecular formula is C23H16ClFN4O2S. The largest absolute Gasteiger partial charge is 0.395 e. The number of pyridine rings is 2. The van der Waals surface area contributed by atoms with Crippen LogP contribution < -0.4 is 11.1 Å². The number of nitrogens with one attached hydrogen (secondary N) is 1. The van der Waals surface area contributed by atoms with Gasteiger partial charge in [-0.25, -0.2) is 22.8 Å². The van der Waals surface area contributed by atoms with E-state index in [-0.39, 0.29) is 15.6 Å². The number of hydrogen-bond acceptors (Lipinski definition) is 6. The van der Waals surface area contributed by atoms with Crippen molar-refractivity contribution in [2.24, 2.45) is 0 Å². The van der Waals surface area contributed by atoms with Crippen LogP contribution in [0.15, 0.2) is 65.8 Å². The van der Waals surface area contributed by atoms with Gasteiger partial charge in [-0.1, -0.05) is 17.5 Å². The summed E-state index contributed by atoms with van der Waals surface area (Å²) in [6.07, 6.45) is 4.44. The van der Waals surface area contributed by atoms with Crippen LogP contribution in [0.25, 0.3) is 10.8 Å². The van der Waals surface area contributed by atoms with Gasteiger partial charge in [0.05, 0.1) is 21.2 Å². The van der Waals surface area contributed by atoms with Crippen LogP contribution in [-0.4, -0.2) is 24.6 Å². The number of hydrogen-bond donors (Lipinski definition) is 2. The zero-order chi connectivity index (χ0) is 22.9. The molecule has 0 aliphatic heterocycles. The number of nitrogens with zero attached hydrogens (tertiary/aromatic N) is 2. The van der Waals surface area contributed by atoms with Gasteiger partial charge in [-0.3, -0.25) is 0 Å². The van der Waals surface area contributed by atoms with E-state index in [1.807, 2.05) is 0 Å². The zero-order valence-corrected chi connectivity index (χ0v) is 18.3. The summed E-state index contributed by atoms with van der Waals surface area (Å²) in [5, 5.41) is 4.62. The van der Waals surface area contributed by atoms with Gasteiger partial charge in [-0.05, 0) is 54.5 Å². The molecule has 0 aliphatic rings. The molecular weight excluding hydrogens is 451 g/mol. The lowest BCUT2D eigenvalue weighted by Crippen LogP contribution is -1.98. The van der Waals surface area contributed by atoms with E-state index in [9.17, 15) is 12.8 Å². The Morgan fingerprint density at radius 2 is 1.81 bits per heavy atom. The third kappa shape index (κ3) is 4.49. The summed E-state index contributed by atoms with van der Waals surface area (Å²) in [6, 6.07) is 12.9. The fourth-order valence-electron chi connectivity index (χ4n) is 2.97. The van der Waals surface area contributed by atoms with Gasteiger partial charge in [0, 0.05) is 35.1 Å². The monoisotopic (exact) mass is 466 g/mol. The summed E-state index contributed by atoms with van der Waals surface area (Å²) in [5.74, 6) is 5.60. The predicted octanol–water partition coefficient (Wildman–Crippen LogP) is 4.55. The molecule has 4 aromatic rings. The highest BCUT2D eigenvalue weighted by atomic mass is 35.5. The maximum absolute atomic E-state index is 13.9. The molecule has 32 heavy (non-hydrogen) atoms. The Balaban J connectivity index is 1.68. The van der Waals surface area contributed by atoms with Gasteiger partial charge in [0.2, 0.25) is 0 Å². The normalized spacial score (nSPS) is 11.1. The first kappa shape index (κ1) is 21.6. The molecule has 0 amide bonds. The third-order valence-electron chi connectivity index (χ3n) is 4.65. The molecule has 0 spiro atoms. The Morgan fingerprint density at radius 1 is 1.06 bits per heavy atom. The number of halogens is 2. The lowest BCUT2D eigenvalue weighted by atomic mass is 10.1. The Morgan fingerprint density at radius 3 is 2.53 bits per heavy atom. The topological polar surface area (TPSA) is 98.0 Å². The molecule has 0 aliphatic carbocycles. The lowest BCUT2D eigenvalue weighted by molar-refractivity contribution is 0.602. The van der Waals surface area contributed by atoms with E-state index >= 15 is 0 Å². The zero-order valence-electron chi connectivity index (χ0n) is 16.7. The van der Waals surface area contributed by atoms with Crippen molar-refractivity contribution in [3.63, 3.8) is 0 Å². The SMILES string of the molecule is CS(=O)(=O)c1ccc(Nc2cc3c(C#Cc4ccc(Cl)c(F)c4N)nccc3cn2)cc1. The number of aromatic nitrogens is 2. The molecule has 0 unspecified atom stereocenters. The Labute approximate surface area is 189 Å². The summed E-state index contributed by atoms with van der Waals surface area (Å²) in [5.41, 5.74) is 7.10. The second kappa shape index (κ2) is 8.46. The number of benzene rings is 2. The molecule has 2 aromatic carbocycles. The number of anilines is 3. The first-order valence-corrected chi connectivity index (χ1v) is 11.6. The van der Waals surface area contributed by atoms with Gasteiger partial charge in [0.1, 0.15) is 11.5 Å². The summed E-state index contributed by atoms with van der Waals surface area (Å²) in [4.78, 5) is 8.93. The number of rotatable bonds is 3. The molecule has 0 saturated heterocycles. The van der Waals surface area contributed by atoms with Crippen molar-refractivity contribution in [3.05, 3.63) is 83.0 Å². The summed E-state index contributed by atoms with van der Waals surface area (Å²) < 4.78 is 37.2. The quantitative estimate of drug-likeness (QED) is 0.339. The summed E-state index contributed by atoms with van der Waals surface area (Å²) in [7, 11) is -3.27. The molecule has 0 atom stereocenters. The Kier molecular flexibility index (Phi) is 5.70. The van der Waals surface area contributed by atoms with Gasteiger partial charge in [-0.15, -0.1) is 0 Å². The fraction of sp³-hybridized carbons (Fsp3) is 0.0435. The van der Waals surface area contributed by atoms with E-state index in [4.69, 9.17) is 17.3 Å². The van der Waals surface area contributed by atoms with E-state index in [0.717, 1.165) is 17.0 Å². The summed E-state index contributed by atoms with van der Waals surface area (Å²) in [6.45, 7) is 0. The second-order valence-electron chi connectivity index (χ2n) is 6.94. The van der Waals surface area contributed by atoms with Crippen LogP contribution in [0.1, 0.15) is 11.3 Å². The predicted molar refractivity (Wildman–Crippen MR) is 124 cm³/mol. The van der Waals surface area contributed by atoms with Crippen molar-refractivity contribution >= 4 is 49.4 Å². The van der Waals surface area contributed by atoms with Crippen LogP contribution in [0.2, 0.25) is 5.02 Å². The molecule has 2 heterocycles. The van der Waals surface area contributed by atoms with Crippen LogP contribution in [0.5, 0.6) is 0 Å². The van der Waals surface area contributed by atoms with Gasteiger partial charge in [-0.2, -0.15) is 0 Å². The number of sulfone groups is 1. The number of fused-ring (bicyclic) bond motifs is 1. The molecule has 0 bridgehead atoms. The Hall–Kier alpha value is -3.67. The standard InChI is InChI=1S/C23H16ClFN4O2S/c1-32(30,31)17-6-4-16(5-7-17)29-21-12-18-15(13-28-21)10-11-27-20(18)9-3-14-2-8-19(24)22(25)23(14)26/h2,4-8,10-13H,26H2,1H3,(H,28,29). The van der Waals surface area contributed by atoms with Crippen molar-refractivity contribution in [2.45, 2.75) is 4.90 Å². The maximum atomic E-state index is 13.9. The molecule has 9 heteroatoms.